The van der Waals surface area contributed by atoms with Gasteiger partial charge in [-0.05, 0) is 44.3 Å². The third-order valence-electron chi connectivity index (χ3n) is 2.96. The first-order chi connectivity index (χ1) is 8.31. The maximum absolute atomic E-state index is 11.4. The lowest BCUT2D eigenvalue weighted by atomic mass is 9.92. The Bertz CT molecular complexity index is 672. The van der Waals surface area contributed by atoms with Gasteiger partial charge in [-0.25, -0.2) is 0 Å². The topological polar surface area (TPSA) is 63.8 Å². The summed E-state index contributed by atoms with van der Waals surface area (Å²) in [7, 11) is 0. The Labute approximate surface area is 115 Å². The zero-order chi connectivity index (χ0) is 13.5. The Morgan fingerprint density at radius 2 is 2.22 bits per heavy atom. The number of imidazole rings is 1. The van der Waals surface area contributed by atoms with Gasteiger partial charge in [0.05, 0.1) is 16.4 Å². The molecule has 4 nitrogen and oxygen atoms in total. The van der Waals surface area contributed by atoms with E-state index in [0.29, 0.717) is 16.3 Å². The van der Waals surface area contributed by atoms with Gasteiger partial charge in [0.25, 0.3) is 0 Å². The fourth-order valence-corrected chi connectivity index (χ4v) is 2.20. The molecule has 0 spiro atoms. The van der Waals surface area contributed by atoms with Gasteiger partial charge < -0.3 is 15.3 Å². The first kappa shape index (κ1) is 13.1. The molecule has 6 heteroatoms. The van der Waals surface area contributed by atoms with Crippen LogP contribution in [-0.2, 0) is 11.3 Å². The molecular weight excluding hydrogens is 270 g/mol. The van der Waals surface area contributed by atoms with Crippen LogP contribution in [0.25, 0.3) is 11.0 Å². The second-order valence-electron chi connectivity index (χ2n) is 4.93. The van der Waals surface area contributed by atoms with Gasteiger partial charge in [0, 0.05) is 11.6 Å². The number of primary amides is 1. The summed E-state index contributed by atoms with van der Waals surface area (Å²) in [5.41, 5.74) is 6.49. The Kier molecular flexibility index (Phi) is 3.21. The van der Waals surface area contributed by atoms with Gasteiger partial charge in [0.2, 0.25) is 5.91 Å². The van der Waals surface area contributed by atoms with Gasteiger partial charge >= 0.3 is 0 Å². The van der Waals surface area contributed by atoms with Crippen LogP contribution in [0, 0.1) is 10.2 Å². The minimum Gasteiger partial charge on any atom is -0.369 e. The van der Waals surface area contributed by atoms with Gasteiger partial charge in [0.15, 0.2) is 4.77 Å². The summed E-state index contributed by atoms with van der Waals surface area (Å²) in [5.74, 6) is -0.360. The molecule has 2 rings (SSSR count). The number of hydrogen-bond acceptors (Lipinski definition) is 2. The van der Waals surface area contributed by atoms with Crippen molar-refractivity contribution < 1.29 is 4.79 Å². The van der Waals surface area contributed by atoms with Crippen LogP contribution in [0.5, 0.6) is 0 Å². The summed E-state index contributed by atoms with van der Waals surface area (Å²) in [6, 6.07) is 5.47. The molecule has 0 aliphatic rings. The first-order valence-corrected chi connectivity index (χ1v) is 6.28. The number of hydrogen-bond donors (Lipinski definition) is 2. The summed E-state index contributed by atoms with van der Waals surface area (Å²) in [5, 5.41) is 0.627. The zero-order valence-electron chi connectivity index (χ0n) is 10.2. The van der Waals surface area contributed by atoms with Crippen LogP contribution in [0.3, 0.4) is 0 Å². The number of carbonyl (C=O) groups is 1. The molecule has 18 heavy (non-hydrogen) atoms. The largest absolute Gasteiger partial charge is 0.369 e. The van der Waals surface area contributed by atoms with Crippen LogP contribution in [0.2, 0.25) is 5.02 Å². The normalized spacial score (nSPS) is 11.9. The Balaban J connectivity index is 2.57. The summed E-state index contributed by atoms with van der Waals surface area (Å²) >= 11 is 11.2. The fraction of sp³-hybridized carbons (Fsp3) is 0.333. The molecule has 0 aliphatic heterocycles. The number of benzene rings is 1. The Hall–Kier alpha value is -1.33. The van der Waals surface area contributed by atoms with Crippen molar-refractivity contribution in [1.82, 2.24) is 9.55 Å². The molecule has 96 valence electrons. The van der Waals surface area contributed by atoms with E-state index < -0.39 is 5.41 Å². The van der Waals surface area contributed by atoms with E-state index in [2.05, 4.69) is 4.98 Å². The number of rotatable bonds is 3. The number of nitrogens with two attached hydrogens (primary N) is 1. The minimum absolute atomic E-state index is 0.360. The van der Waals surface area contributed by atoms with Crippen molar-refractivity contribution in [1.29, 1.82) is 0 Å². The molecule has 0 aliphatic carbocycles. The standard InChI is InChI=1S/C12H14ClN3OS/c1-12(2,10(14)17)6-16-9-5-7(13)3-4-8(9)15-11(16)18/h3-5H,6H2,1-2H3,(H2,14,17)(H,15,18). The van der Waals surface area contributed by atoms with Crippen LogP contribution in [0.4, 0.5) is 0 Å². The van der Waals surface area contributed by atoms with Crippen molar-refractivity contribution in [3.63, 3.8) is 0 Å². The van der Waals surface area contributed by atoms with Gasteiger partial charge in [-0.3, -0.25) is 4.79 Å². The van der Waals surface area contributed by atoms with E-state index >= 15 is 0 Å². The third kappa shape index (κ3) is 2.28. The SMILES string of the molecule is CC(C)(Cn1c(=S)[nH]c2ccc(Cl)cc21)C(N)=O. The van der Waals surface area contributed by atoms with Crippen molar-refractivity contribution in [2.24, 2.45) is 11.1 Å². The summed E-state index contributed by atoms with van der Waals surface area (Å²) < 4.78 is 2.41. The van der Waals surface area contributed by atoms with Crippen LogP contribution in [-0.4, -0.2) is 15.5 Å². The van der Waals surface area contributed by atoms with E-state index in [1.807, 2.05) is 16.7 Å². The maximum Gasteiger partial charge on any atom is 0.224 e. The number of carbonyl (C=O) groups excluding carboxylic acids is 1. The average molecular weight is 284 g/mol. The van der Waals surface area contributed by atoms with Crippen molar-refractivity contribution >= 4 is 40.8 Å². The van der Waals surface area contributed by atoms with Gasteiger partial charge in [-0.15, -0.1) is 0 Å². The lowest BCUT2D eigenvalue weighted by molar-refractivity contribution is -0.126. The quantitative estimate of drug-likeness (QED) is 0.851. The number of H-pyrrole nitrogens is 1. The molecule has 1 aromatic carbocycles. The highest BCUT2D eigenvalue weighted by atomic mass is 35.5. The summed E-state index contributed by atoms with van der Waals surface area (Å²) in [4.78, 5) is 14.5. The highest BCUT2D eigenvalue weighted by molar-refractivity contribution is 7.71. The Morgan fingerprint density at radius 1 is 1.56 bits per heavy atom. The molecule has 0 atom stereocenters. The highest BCUT2D eigenvalue weighted by Gasteiger charge is 2.26. The van der Waals surface area contributed by atoms with Crippen molar-refractivity contribution in [3.8, 4) is 0 Å². The van der Waals surface area contributed by atoms with Crippen molar-refractivity contribution in [3.05, 3.63) is 28.0 Å². The fourth-order valence-electron chi connectivity index (χ4n) is 1.76. The molecule has 1 amide bonds. The molecule has 1 heterocycles. The molecule has 0 saturated carbocycles. The molecule has 0 fully saturated rings. The van der Waals surface area contributed by atoms with E-state index in [-0.39, 0.29) is 5.91 Å². The number of amides is 1. The molecule has 0 radical (unpaired) electrons. The predicted octanol–water partition coefficient (Wildman–Crippen LogP) is 2.86. The minimum atomic E-state index is -0.671. The zero-order valence-corrected chi connectivity index (χ0v) is 11.7. The molecule has 0 unspecified atom stereocenters. The number of aromatic nitrogens is 2. The van der Waals surface area contributed by atoms with Crippen LogP contribution >= 0.6 is 23.8 Å². The highest BCUT2D eigenvalue weighted by Crippen LogP contribution is 2.24. The van der Waals surface area contributed by atoms with Crippen LogP contribution in [0.1, 0.15) is 13.8 Å². The molecule has 2 aromatic rings. The molecule has 0 bridgehead atoms. The van der Waals surface area contributed by atoms with Gasteiger partial charge in [-0.1, -0.05) is 11.6 Å². The van der Waals surface area contributed by atoms with E-state index in [4.69, 9.17) is 29.6 Å². The molecule has 3 N–H and O–H groups in total. The summed E-state index contributed by atoms with van der Waals surface area (Å²) in [6.45, 7) is 4.00. The lowest BCUT2D eigenvalue weighted by Crippen LogP contribution is -2.35. The van der Waals surface area contributed by atoms with Crippen molar-refractivity contribution in [2.75, 3.05) is 0 Å². The second-order valence-corrected chi connectivity index (χ2v) is 5.75. The predicted molar refractivity (Wildman–Crippen MR) is 75.1 cm³/mol. The molecule has 0 saturated heterocycles. The molecule has 1 aromatic heterocycles. The summed E-state index contributed by atoms with van der Waals surface area (Å²) in [6.07, 6.45) is 0. The number of nitrogens with zero attached hydrogens (tertiary/aromatic N) is 1. The number of nitrogens with one attached hydrogen (secondary N) is 1. The average Bonchev–Trinajstić information content (AvgIpc) is 2.55. The number of halogens is 1. The van der Waals surface area contributed by atoms with Crippen LogP contribution < -0.4 is 5.73 Å². The van der Waals surface area contributed by atoms with E-state index in [9.17, 15) is 4.79 Å². The molecular formula is C12H14ClN3OS. The number of aromatic amines is 1. The van der Waals surface area contributed by atoms with E-state index in [1.165, 1.54) is 0 Å². The van der Waals surface area contributed by atoms with Crippen LogP contribution in [0.15, 0.2) is 18.2 Å². The van der Waals surface area contributed by atoms with Crippen molar-refractivity contribution in [2.45, 2.75) is 20.4 Å². The van der Waals surface area contributed by atoms with E-state index in [0.717, 1.165) is 11.0 Å². The van der Waals surface area contributed by atoms with E-state index in [1.54, 1.807) is 19.9 Å². The third-order valence-corrected chi connectivity index (χ3v) is 3.52. The maximum atomic E-state index is 11.4. The number of fused-ring (bicyclic) bond motifs is 1. The first-order valence-electron chi connectivity index (χ1n) is 5.49. The van der Waals surface area contributed by atoms with Gasteiger partial charge in [-0.2, -0.15) is 0 Å². The second kappa shape index (κ2) is 4.40. The smallest absolute Gasteiger partial charge is 0.224 e. The van der Waals surface area contributed by atoms with Gasteiger partial charge in [0.1, 0.15) is 0 Å². The Morgan fingerprint density at radius 3 is 2.83 bits per heavy atom. The lowest BCUT2D eigenvalue weighted by Gasteiger charge is -2.21. The monoisotopic (exact) mass is 283 g/mol.